The van der Waals surface area contributed by atoms with Crippen LogP contribution in [0.5, 0.6) is 5.75 Å². The minimum Gasteiger partial charge on any atom is -0.424 e. The van der Waals surface area contributed by atoms with Crippen LogP contribution in [-0.4, -0.2) is 21.8 Å². The number of halogens is 3. The van der Waals surface area contributed by atoms with Gasteiger partial charge in [-0.05, 0) is 87.5 Å². The molecule has 0 radical (unpaired) electrons. The summed E-state index contributed by atoms with van der Waals surface area (Å²) in [4.78, 5) is 29.2. The summed E-state index contributed by atoms with van der Waals surface area (Å²) in [5.41, 5.74) is 1.23. The van der Waals surface area contributed by atoms with E-state index in [1.807, 2.05) is 31.2 Å². The Morgan fingerprint density at radius 3 is 2.57 bits per heavy atom. The van der Waals surface area contributed by atoms with Gasteiger partial charge in [0.2, 0.25) is 0 Å². The second-order valence-electron chi connectivity index (χ2n) is 6.71. The zero-order valence-electron chi connectivity index (χ0n) is 16.4. The fraction of sp³-hybridized carbons (Fsp3) is 0.238. The predicted molar refractivity (Wildman–Crippen MR) is 139 cm³/mol. The lowest BCUT2D eigenvalue weighted by Crippen LogP contribution is -2.23. The summed E-state index contributed by atoms with van der Waals surface area (Å²) >= 11 is 7.65. The molecule has 0 spiro atoms. The quantitative estimate of drug-likeness (QED) is 0.149. The summed E-state index contributed by atoms with van der Waals surface area (Å²) in [5, 5.41) is 4.99. The summed E-state index contributed by atoms with van der Waals surface area (Å²) in [6.07, 6.45) is 2.46. The molecule has 1 atom stereocenters. The van der Waals surface area contributed by atoms with E-state index >= 15 is 0 Å². The fourth-order valence-corrected chi connectivity index (χ4v) is 5.20. The number of ether oxygens (including phenoxy) is 1. The monoisotopic (exact) mass is 693 g/mol. The molecule has 0 aliphatic carbocycles. The van der Waals surface area contributed by atoms with Crippen molar-refractivity contribution in [3.63, 3.8) is 0 Å². The van der Waals surface area contributed by atoms with Crippen molar-refractivity contribution in [2.75, 3.05) is 0 Å². The molecule has 0 fully saturated rings. The Morgan fingerprint density at radius 1 is 1.30 bits per heavy atom. The van der Waals surface area contributed by atoms with E-state index < -0.39 is 0 Å². The smallest absolute Gasteiger partial charge is 0.308 e. The fourth-order valence-electron chi connectivity index (χ4n) is 2.80. The van der Waals surface area contributed by atoms with Crippen LogP contribution in [0.3, 0.4) is 0 Å². The number of nitrogens with zero attached hydrogens (tertiary/aromatic N) is 3. The topological polar surface area (TPSA) is 73.6 Å². The third kappa shape index (κ3) is 5.10. The SMILES string of the molecule is CC[C@H](C)c1nc2ccc(Br)cc2c(=O)n1N=Cc1cc(I)c(OC(C)=O)c(I)c1. The lowest BCUT2D eigenvalue weighted by molar-refractivity contribution is -0.132. The van der Waals surface area contributed by atoms with E-state index in [-0.39, 0.29) is 17.4 Å². The van der Waals surface area contributed by atoms with Crippen molar-refractivity contribution >= 4 is 84.2 Å². The largest absolute Gasteiger partial charge is 0.424 e. The molecule has 0 saturated heterocycles. The molecule has 0 saturated carbocycles. The standard InChI is InChI=1S/C21H18BrI2N3O3/c1-4-11(2)20-26-18-6-5-14(22)9-15(18)21(29)27(20)25-10-13-7-16(23)19(17(24)8-13)30-12(3)28/h5-11H,4H2,1-3H3/t11-/m0/s1. The number of benzene rings is 2. The van der Waals surface area contributed by atoms with Crippen LogP contribution in [0.4, 0.5) is 0 Å². The van der Waals surface area contributed by atoms with Gasteiger partial charge in [0.1, 0.15) is 5.82 Å². The molecule has 0 unspecified atom stereocenters. The molecule has 2 aromatic carbocycles. The highest BCUT2D eigenvalue weighted by molar-refractivity contribution is 14.1. The number of hydrogen-bond acceptors (Lipinski definition) is 5. The minimum atomic E-state index is -0.370. The van der Waals surface area contributed by atoms with Gasteiger partial charge < -0.3 is 4.74 Å². The highest BCUT2D eigenvalue weighted by Gasteiger charge is 2.16. The van der Waals surface area contributed by atoms with Crippen molar-refractivity contribution in [3.05, 3.63) is 63.7 Å². The number of aromatic nitrogens is 2. The van der Waals surface area contributed by atoms with Crippen molar-refractivity contribution < 1.29 is 9.53 Å². The summed E-state index contributed by atoms with van der Waals surface area (Å²) in [7, 11) is 0. The molecule has 0 aliphatic heterocycles. The van der Waals surface area contributed by atoms with Gasteiger partial charge in [0, 0.05) is 17.3 Å². The first-order chi connectivity index (χ1) is 14.2. The molecule has 1 aromatic heterocycles. The average Bonchev–Trinajstić information content (AvgIpc) is 2.69. The second-order valence-corrected chi connectivity index (χ2v) is 9.95. The van der Waals surface area contributed by atoms with Crippen molar-refractivity contribution in [2.24, 2.45) is 5.10 Å². The first-order valence-electron chi connectivity index (χ1n) is 9.15. The minimum absolute atomic E-state index is 0.0644. The van der Waals surface area contributed by atoms with Crippen LogP contribution in [0.25, 0.3) is 10.9 Å². The summed E-state index contributed by atoms with van der Waals surface area (Å²) in [5.74, 6) is 0.838. The summed E-state index contributed by atoms with van der Waals surface area (Å²) < 4.78 is 9.02. The first-order valence-corrected chi connectivity index (χ1v) is 12.1. The molecular weight excluding hydrogens is 676 g/mol. The van der Waals surface area contributed by atoms with Gasteiger partial charge in [0.05, 0.1) is 24.3 Å². The van der Waals surface area contributed by atoms with Crippen LogP contribution in [0.15, 0.2) is 44.7 Å². The molecular formula is C21H18BrI2N3O3. The van der Waals surface area contributed by atoms with Crippen LogP contribution >= 0.6 is 61.1 Å². The van der Waals surface area contributed by atoms with Crippen LogP contribution in [0, 0.1) is 7.14 Å². The van der Waals surface area contributed by atoms with Crippen molar-refractivity contribution in [3.8, 4) is 5.75 Å². The van der Waals surface area contributed by atoms with Crippen molar-refractivity contribution in [2.45, 2.75) is 33.1 Å². The molecule has 0 aliphatic rings. The van der Waals surface area contributed by atoms with Crippen LogP contribution in [-0.2, 0) is 4.79 Å². The molecule has 156 valence electrons. The number of carbonyl (C=O) groups is 1. The lowest BCUT2D eigenvalue weighted by Gasteiger charge is -2.14. The van der Waals surface area contributed by atoms with Gasteiger partial charge in [-0.2, -0.15) is 9.78 Å². The Balaban J connectivity index is 2.12. The molecule has 1 heterocycles. The summed E-state index contributed by atoms with van der Waals surface area (Å²) in [6.45, 7) is 5.45. The zero-order valence-corrected chi connectivity index (χ0v) is 22.3. The van der Waals surface area contributed by atoms with Gasteiger partial charge in [-0.15, -0.1) is 0 Å². The number of rotatable bonds is 5. The van der Waals surface area contributed by atoms with Crippen LogP contribution in [0.1, 0.15) is 44.5 Å². The molecule has 3 rings (SSSR count). The van der Waals surface area contributed by atoms with Crippen LogP contribution < -0.4 is 10.3 Å². The van der Waals surface area contributed by atoms with E-state index in [1.54, 1.807) is 12.3 Å². The normalized spacial score (nSPS) is 12.5. The molecule has 0 amide bonds. The van der Waals surface area contributed by atoms with Gasteiger partial charge in [-0.1, -0.05) is 29.8 Å². The van der Waals surface area contributed by atoms with Gasteiger partial charge in [0.15, 0.2) is 5.75 Å². The second kappa shape index (κ2) is 9.86. The van der Waals surface area contributed by atoms with E-state index in [0.717, 1.165) is 23.6 Å². The lowest BCUT2D eigenvalue weighted by atomic mass is 10.1. The predicted octanol–water partition coefficient (Wildman–Crippen LogP) is 5.69. The highest BCUT2D eigenvalue weighted by atomic mass is 127. The Morgan fingerprint density at radius 2 is 1.97 bits per heavy atom. The third-order valence-corrected chi connectivity index (χ3v) is 6.57. The van der Waals surface area contributed by atoms with E-state index in [1.165, 1.54) is 11.6 Å². The zero-order chi connectivity index (χ0) is 22.0. The van der Waals surface area contributed by atoms with Gasteiger partial charge >= 0.3 is 5.97 Å². The van der Waals surface area contributed by atoms with Gasteiger partial charge in [0.25, 0.3) is 5.56 Å². The Hall–Kier alpha value is -1.34. The first kappa shape index (κ1) is 23.3. The number of fused-ring (bicyclic) bond motifs is 1. The number of carbonyl (C=O) groups excluding carboxylic acids is 1. The van der Waals surface area contributed by atoms with E-state index in [2.05, 4.69) is 73.1 Å². The Bertz CT molecular complexity index is 1200. The van der Waals surface area contributed by atoms with E-state index in [9.17, 15) is 9.59 Å². The third-order valence-electron chi connectivity index (χ3n) is 4.48. The number of hydrogen-bond donors (Lipinski definition) is 0. The van der Waals surface area contributed by atoms with Crippen molar-refractivity contribution in [1.82, 2.24) is 9.66 Å². The number of esters is 1. The molecule has 6 nitrogen and oxygen atoms in total. The Labute approximate surface area is 209 Å². The summed E-state index contributed by atoms with van der Waals surface area (Å²) in [6, 6.07) is 9.17. The van der Waals surface area contributed by atoms with E-state index in [4.69, 9.17) is 9.72 Å². The molecule has 3 aromatic rings. The van der Waals surface area contributed by atoms with Crippen molar-refractivity contribution in [1.29, 1.82) is 0 Å². The van der Waals surface area contributed by atoms with Crippen LogP contribution in [0.2, 0.25) is 0 Å². The van der Waals surface area contributed by atoms with Gasteiger partial charge in [-0.3, -0.25) is 9.59 Å². The Kier molecular flexibility index (Phi) is 7.66. The maximum Gasteiger partial charge on any atom is 0.308 e. The van der Waals surface area contributed by atoms with Gasteiger partial charge in [-0.25, -0.2) is 4.98 Å². The maximum atomic E-state index is 13.2. The molecule has 9 heteroatoms. The average molecular weight is 694 g/mol. The maximum absolute atomic E-state index is 13.2. The molecule has 0 bridgehead atoms. The van der Waals surface area contributed by atoms with E-state index in [0.29, 0.717) is 22.5 Å². The molecule has 0 N–H and O–H groups in total. The highest BCUT2D eigenvalue weighted by Crippen LogP contribution is 2.29. The molecule has 30 heavy (non-hydrogen) atoms.